The van der Waals surface area contributed by atoms with Gasteiger partial charge in [-0.1, -0.05) is 29.3 Å². The Morgan fingerprint density at radius 3 is 2.60 bits per heavy atom. The first kappa shape index (κ1) is 16.8. The van der Waals surface area contributed by atoms with Crippen LogP contribution in [0.4, 0.5) is 0 Å². The van der Waals surface area contributed by atoms with Crippen molar-refractivity contribution in [1.29, 1.82) is 0 Å². The molecule has 0 fully saturated rings. The Bertz CT molecular complexity index is 501. The fourth-order valence-corrected chi connectivity index (χ4v) is 1.79. The highest BCUT2D eigenvalue weighted by molar-refractivity contribution is 6.42. The Morgan fingerprint density at radius 2 is 2.05 bits per heavy atom. The molecule has 0 radical (unpaired) electrons. The molecule has 0 saturated heterocycles. The van der Waals surface area contributed by atoms with Crippen LogP contribution in [0.25, 0.3) is 5.70 Å². The fraction of sp³-hybridized carbons (Fsp3) is 0.357. The lowest BCUT2D eigenvalue weighted by atomic mass is 10.1. The van der Waals surface area contributed by atoms with Gasteiger partial charge in [0.15, 0.2) is 0 Å². The van der Waals surface area contributed by atoms with Crippen LogP contribution in [0.15, 0.2) is 24.3 Å². The van der Waals surface area contributed by atoms with E-state index in [1.54, 1.807) is 38.1 Å². The molecule has 1 aromatic rings. The Morgan fingerprint density at radius 1 is 1.35 bits per heavy atom. The van der Waals surface area contributed by atoms with Gasteiger partial charge >= 0.3 is 5.97 Å². The van der Waals surface area contributed by atoms with Gasteiger partial charge in [-0.15, -0.1) is 0 Å². The van der Waals surface area contributed by atoms with E-state index in [9.17, 15) is 4.79 Å². The summed E-state index contributed by atoms with van der Waals surface area (Å²) in [7, 11) is 1.48. The molecule has 20 heavy (non-hydrogen) atoms. The first-order valence-electron chi connectivity index (χ1n) is 6.08. The largest absolute Gasteiger partial charge is 0.463 e. The molecule has 6 heteroatoms. The lowest BCUT2D eigenvalue weighted by Gasteiger charge is -2.11. The third-order valence-electron chi connectivity index (χ3n) is 2.28. The van der Waals surface area contributed by atoms with Crippen molar-refractivity contribution in [1.82, 2.24) is 5.48 Å². The summed E-state index contributed by atoms with van der Waals surface area (Å²) in [4.78, 5) is 16.4. The van der Waals surface area contributed by atoms with Gasteiger partial charge in [-0.25, -0.2) is 0 Å². The summed E-state index contributed by atoms with van der Waals surface area (Å²) in [6.45, 7) is 3.60. The predicted molar refractivity (Wildman–Crippen MR) is 80.4 cm³/mol. The average molecular weight is 318 g/mol. The van der Waals surface area contributed by atoms with Gasteiger partial charge in [0.1, 0.15) is 0 Å². The number of benzene rings is 1. The minimum Gasteiger partial charge on any atom is -0.463 e. The summed E-state index contributed by atoms with van der Waals surface area (Å²) in [6, 6.07) is 5.15. The van der Waals surface area contributed by atoms with E-state index in [1.807, 2.05) is 0 Å². The molecule has 0 aromatic heterocycles. The van der Waals surface area contributed by atoms with Crippen molar-refractivity contribution in [3.63, 3.8) is 0 Å². The Hall–Kier alpha value is -1.23. The standard InChI is InChI=1S/C14H17Cl2NO3/c1-9(2)20-14(18)7-6-13(17-19-3)10-4-5-11(15)12(16)8-10/h4-6,8-9,17H,7H2,1-3H3. The van der Waals surface area contributed by atoms with Crippen LogP contribution >= 0.6 is 23.2 Å². The second kappa shape index (κ2) is 8.15. The highest BCUT2D eigenvalue weighted by atomic mass is 35.5. The Kier molecular flexibility index (Phi) is 6.85. The number of carbonyl (C=O) groups is 1. The average Bonchev–Trinajstić information content (AvgIpc) is 2.37. The first-order valence-corrected chi connectivity index (χ1v) is 6.83. The monoisotopic (exact) mass is 317 g/mol. The number of ether oxygens (including phenoxy) is 1. The Balaban J connectivity index is 2.87. The first-order chi connectivity index (χ1) is 9.43. The number of hydroxylamine groups is 1. The summed E-state index contributed by atoms with van der Waals surface area (Å²) < 4.78 is 5.06. The van der Waals surface area contributed by atoms with Crippen molar-refractivity contribution in [2.75, 3.05) is 7.11 Å². The second-order valence-electron chi connectivity index (χ2n) is 4.30. The number of rotatable bonds is 6. The van der Waals surface area contributed by atoms with Crippen LogP contribution in [0.3, 0.4) is 0 Å². The maximum absolute atomic E-state index is 11.5. The van der Waals surface area contributed by atoms with E-state index < -0.39 is 0 Å². The van der Waals surface area contributed by atoms with E-state index in [1.165, 1.54) is 7.11 Å². The Labute approximate surface area is 128 Å². The topological polar surface area (TPSA) is 47.6 Å². The number of hydrogen-bond donors (Lipinski definition) is 1. The van der Waals surface area contributed by atoms with Crippen LogP contribution in [0, 0.1) is 0 Å². The third kappa shape index (κ3) is 5.41. The summed E-state index contributed by atoms with van der Waals surface area (Å²) in [5.74, 6) is -0.310. The number of esters is 1. The summed E-state index contributed by atoms with van der Waals surface area (Å²) in [5.41, 5.74) is 4.09. The normalized spacial score (nSPS) is 11.6. The number of nitrogens with one attached hydrogen (secondary N) is 1. The molecule has 0 spiro atoms. The van der Waals surface area contributed by atoms with Gasteiger partial charge < -0.3 is 4.74 Å². The molecule has 0 unspecified atom stereocenters. The molecule has 4 nitrogen and oxygen atoms in total. The van der Waals surface area contributed by atoms with Gasteiger partial charge in [0.05, 0.1) is 35.4 Å². The van der Waals surface area contributed by atoms with Crippen LogP contribution in [0.2, 0.25) is 10.0 Å². The number of hydrogen-bond acceptors (Lipinski definition) is 4. The fourth-order valence-electron chi connectivity index (χ4n) is 1.49. The van der Waals surface area contributed by atoms with Crippen molar-refractivity contribution < 1.29 is 14.4 Å². The van der Waals surface area contributed by atoms with Crippen molar-refractivity contribution in [3.05, 3.63) is 39.9 Å². The zero-order valence-corrected chi connectivity index (χ0v) is 13.1. The summed E-state index contributed by atoms with van der Waals surface area (Å²) in [5, 5.41) is 0.893. The lowest BCUT2D eigenvalue weighted by molar-refractivity contribution is -0.146. The van der Waals surface area contributed by atoms with Gasteiger partial charge in [-0.05, 0) is 32.1 Å². The van der Waals surface area contributed by atoms with E-state index in [-0.39, 0.29) is 18.5 Å². The lowest BCUT2D eigenvalue weighted by Crippen LogP contribution is -2.13. The van der Waals surface area contributed by atoms with Gasteiger partial charge in [0.2, 0.25) is 0 Å². The third-order valence-corrected chi connectivity index (χ3v) is 3.02. The van der Waals surface area contributed by atoms with E-state index >= 15 is 0 Å². The van der Waals surface area contributed by atoms with Crippen molar-refractivity contribution in [2.24, 2.45) is 0 Å². The van der Waals surface area contributed by atoms with Gasteiger partial charge in [0.25, 0.3) is 0 Å². The molecule has 1 aromatic carbocycles. The summed E-state index contributed by atoms with van der Waals surface area (Å²) >= 11 is 11.8. The van der Waals surface area contributed by atoms with E-state index in [2.05, 4.69) is 5.48 Å². The molecule has 0 aliphatic heterocycles. The second-order valence-corrected chi connectivity index (χ2v) is 5.11. The SMILES string of the molecule is CONC(=CCC(=O)OC(C)C)c1ccc(Cl)c(Cl)c1. The van der Waals surface area contributed by atoms with Crippen LogP contribution in [-0.2, 0) is 14.4 Å². The molecule has 0 bridgehead atoms. The molecule has 0 atom stereocenters. The summed E-state index contributed by atoms with van der Waals surface area (Å²) in [6.07, 6.45) is 1.66. The molecule has 0 heterocycles. The minimum absolute atomic E-state index is 0.129. The minimum atomic E-state index is -0.310. The van der Waals surface area contributed by atoms with Crippen LogP contribution in [0.1, 0.15) is 25.8 Å². The molecule has 1 N–H and O–H groups in total. The van der Waals surface area contributed by atoms with Gasteiger partial charge in [-0.2, -0.15) is 0 Å². The highest BCUT2D eigenvalue weighted by Crippen LogP contribution is 2.25. The van der Waals surface area contributed by atoms with E-state index in [0.717, 1.165) is 5.56 Å². The maximum Gasteiger partial charge on any atom is 0.309 e. The zero-order chi connectivity index (χ0) is 15.1. The van der Waals surface area contributed by atoms with Crippen molar-refractivity contribution in [3.8, 4) is 0 Å². The molecule has 0 aliphatic rings. The molecule has 110 valence electrons. The smallest absolute Gasteiger partial charge is 0.309 e. The van der Waals surface area contributed by atoms with Crippen molar-refractivity contribution in [2.45, 2.75) is 26.4 Å². The van der Waals surface area contributed by atoms with Crippen LogP contribution in [-0.4, -0.2) is 19.2 Å². The molecule has 0 saturated carbocycles. The highest BCUT2D eigenvalue weighted by Gasteiger charge is 2.08. The molecule has 0 amide bonds. The number of carbonyl (C=O) groups excluding carboxylic acids is 1. The zero-order valence-electron chi connectivity index (χ0n) is 11.6. The molecule has 0 aliphatic carbocycles. The van der Waals surface area contributed by atoms with Crippen molar-refractivity contribution >= 4 is 34.9 Å². The molecule has 1 rings (SSSR count). The molecular formula is C14H17Cl2NO3. The van der Waals surface area contributed by atoms with E-state index in [0.29, 0.717) is 15.7 Å². The van der Waals surface area contributed by atoms with E-state index in [4.69, 9.17) is 32.8 Å². The predicted octanol–water partition coefficient (Wildman–Crippen LogP) is 3.83. The maximum atomic E-state index is 11.5. The number of halogens is 2. The molecular weight excluding hydrogens is 301 g/mol. The van der Waals surface area contributed by atoms with Gasteiger partial charge in [-0.3, -0.25) is 15.1 Å². The van der Waals surface area contributed by atoms with Crippen LogP contribution < -0.4 is 5.48 Å². The quantitative estimate of drug-likeness (QED) is 0.640. The van der Waals surface area contributed by atoms with Gasteiger partial charge in [0, 0.05) is 5.56 Å². The van der Waals surface area contributed by atoms with Crippen LogP contribution in [0.5, 0.6) is 0 Å².